The van der Waals surface area contributed by atoms with Gasteiger partial charge in [-0.05, 0) is 51.4 Å². The SMILES string of the molecule is CC/C=C\C/C=C\C/C=C\C/C=C\CCCCCCCCCCCOCC(COC1OC(COC2OC(CO)C(O)C(O)C2O)C(O)C(O)C1O)OC(=O)CCCCCCCCCCCCCCCCCCCC. The molecule has 0 spiro atoms. The number of aliphatic hydroxyl groups excluding tert-OH is 7. The van der Waals surface area contributed by atoms with Crippen LogP contribution in [0.4, 0.5) is 0 Å². The number of rotatable bonds is 48. The minimum atomic E-state index is -1.71. The minimum Gasteiger partial charge on any atom is -0.457 e. The number of carbonyl (C=O) groups is 1. The molecule has 0 aromatic rings. The molecule has 0 saturated carbocycles. The van der Waals surface area contributed by atoms with Crippen LogP contribution in [-0.4, -0.2) is 142 Å². The zero-order chi connectivity index (χ0) is 53.7. The summed E-state index contributed by atoms with van der Waals surface area (Å²) in [5.41, 5.74) is 0. The first-order valence-electron chi connectivity index (χ1n) is 29.7. The van der Waals surface area contributed by atoms with Gasteiger partial charge in [0.1, 0.15) is 54.9 Å². The van der Waals surface area contributed by atoms with Gasteiger partial charge in [-0.25, -0.2) is 0 Å². The lowest BCUT2D eigenvalue weighted by molar-refractivity contribution is -0.332. The Balaban J connectivity index is 1.70. The molecule has 0 aliphatic carbocycles. The monoisotopic (exact) mass is 1050 g/mol. The van der Waals surface area contributed by atoms with Gasteiger partial charge in [0.25, 0.3) is 0 Å². The van der Waals surface area contributed by atoms with Crippen molar-refractivity contribution in [3.05, 3.63) is 48.6 Å². The molecule has 0 amide bonds. The number of carbonyl (C=O) groups excluding carboxylic acids is 1. The average molecular weight is 1050 g/mol. The maximum Gasteiger partial charge on any atom is 0.306 e. The Morgan fingerprint density at radius 3 is 1.38 bits per heavy atom. The quantitative estimate of drug-likeness (QED) is 0.0172. The number of esters is 1. The van der Waals surface area contributed by atoms with Gasteiger partial charge < -0.3 is 64.2 Å². The number of allylic oxidation sites excluding steroid dienone is 8. The summed E-state index contributed by atoms with van der Waals surface area (Å²) >= 11 is 0. The van der Waals surface area contributed by atoms with Gasteiger partial charge in [-0.2, -0.15) is 0 Å². The lowest BCUT2D eigenvalue weighted by Gasteiger charge is -2.42. The molecular weight excluding hydrogens is 945 g/mol. The maximum absolute atomic E-state index is 13.1. The molecule has 0 bridgehead atoms. The van der Waals surface area contributed by atoms with Gasteiger partial charge >= 0.3 is 5.97 Å². The van der Waals surface area contributed by atoms with Gasteiger partial charge in [0, 0.05) is 13.0 Å². The summed E-state index contributed by atoms with van der Waals surface area (Å²) in [5, 5.41) is 72.4. The first kappa shape index (κ1) is 68.1. The Hall–Kier alpha value is -2.05. The second-order valence-electron chi connectivity index (χ2n) is 20.8. The maximum atomic E-state index is 13.1. The van der Waals surface area contributed by atoms with E-state index >= 15 is 0 Å². The van der Waals surface area contributed by atoms with E-state index in [1.54, 1.807) is 0 Å². The molecule has 11 atom stereocenters. The van der Waals surface area contributed by atoms with E-state index in [2.05, 4.69) is 62.5 Å². The first-order valence-corrected chi connectivity index (χ1v) is 29.7. The Morgan fingerprint density at radius 2 is 0.878 bits per heavy atom. The average Bonchev–Trinajstić information content (AvgIpc) is 3.40. The number of unbranched alkanes of at least 4 members (excludes halogenated alkanes) is 26. The van der Waals surface area contributed by atoms with Crippen LogP contribution in [0.2, 0.25) is 0 Å². The molecule has 2 aliphatic rings. The van der Waals surface area contributed by atoms with E-state index in [0.717, 1.165) is 70.6 Å². The molecule has 2 saturated heterocycles. The van der Waals surface area contributed by atoms with E-state index in [0.29, 0.717) is 13.0 Å². The fourth-order valence-corrected chi connectivity index (χ4v) is 9.34. The summed E-state index contributed by atoms with van der Waals surface area (Å²) in [5.74, 6) is -0.375. The Morgan fingerprint density at radius 1 is 0.459 bits per heavy atom. The van der Waals surface area contributed by atoms with Gasteiger partial charge in [-0.1, -0.05) is 217 Å². The van der Waals surface area contributed by atoms with Crippen molar-refractivity contribution < 1.29 is 69.0 Å². The molecule has 2 fully saturated rings. The fraction of sp³-hybridized carbons (Fsp3) is 0.850. The minimum absolute atomic E-state index is 0.0589. The highest BCUT2D eigenvalue weighted by atomic mass is 16.7. The summed E-state index contributed by atoms with van der Waals surface area (Å²) < 4.78 is 34.4. The molecular formula is C60H108O14. The second kappa shape index (κ2) is 47.0. The summed E-state index contributed by atoms with van der Waals surface area (Å²) in [4.78, 5) is 13.1. The van der Waals surface area contributed by atoms with Crippen LogP contribution >= 0.6 is 0 Å². The van der Waals surface area contributed by atoms with E-state index in [4.69, 9.17) is 28.4 Å². The highest BCUT2D eigenvalue weighted by molar-refractivity contribution is 5.69. The molecule has 14 nitrogen and oxygen atoms in total. The van der Waals surface area contributed by atoms with Crippen molar-refractivity contribution >= 4 is 5.97 Å². The first-order chi connectivity index (χ1) is 36.1. The molecule has 7 N–H and O–H groups in total. The fourth-order valence-electron chi connectivity index (χ4n) is 9.34. The summed E-state index contributed by atoms with van der Waals surface area (Å²) in [6.45, 7) is 3.60. The highest BCUT2D eigenvalue weighted by Gasteiger charge is 2.47. The molecule has 0 aromatic heterocycles. The predicted molar refractivity (Wildman–Crippen MR) is 293 cm³/mol. The smallest absolute Gasteiger partial charge is 0.306 e. The van der Waals surface area contributed by atoms with Gasteiger partial charge in [0.15, 0.2) is 12.6 Å². The number of aliphatic hydroxyl groups is 7. The largest absolute Gasteiger partial charge is 0.457 e. The van der Waals surface area contributed by atoms with E-state index in [9.17, 15) is 40.5 Å². The van der Waals surface area contributed by atoms with Gasteiger partial charge in [0.05, 0.1) is 26.4 Å². The van der Waals surface area contributed by atoms with Crippen molar-refractivity contribution in [3.63, 3.8) is 0 Å². The van der Waals surface area contributed by atoms with E-state index in [-0.39, 0.29) is 25.6 Å². The van der Waals surface area contributed by atoms with Crippen molar-refractivity contribution in [3.8, 4) is 0 Å². The van der Waals surface area contributed by atoms with Crippen LogP contribution in [0, 0.1) is 0 Å². The van der Waals surface area contributed by atoms with Gasteiger partial charge in [-0.3, -0.25) is 4.79 Å². The molecule has 2 aliphatic heterocycles. The standard InChI is InChI=1S/C60H108O14/c1-3-5-7-9-11-13-15-17-19-21-23-24-25-26-28-30-32-34-36-38-40-42-44-69-46-49(72-52(62)43-41-39-37-35-33-31-29-27-22-20-18-16-14-12-10-8-6-4-2)47-70-59-58(68)56(66)54(64)51(74-59)48-71-60-57(67)55(65)53(63)50(45-61)73-60/h5,7,11,13,17,19,23-24,49-51,53-61,63-68H,3-4,6,8-10,12,14-16,18,20-22,25-48H2,1-2H3/b7-5-,13-11-,19-17-,24-23-. The van der Waals surface area contributed by atoms with Gasteiger partial charge in [0.2, 0.25) is 0 Å². The number of ether oxygens (including phenoxy) is 6. The van der Waals surface area contributed by atoms with Crippen LogP contribution in [0.15, 0.2) is 48.6 Å². The van der Waals surface area contributed by atoms with E-state index in [1.165, 1.54) is 128 Å². The van der Waals surface area contributed by atoms with Crippen LogP contribution in [0.5, 0.6) is 0 Å². The van der Waals surface area contributed by atoms with Crippen LogP contribution in [0.3, 0.4) is 0 Å². The zero-order valence-electron chi connectivity index (χ0n) is 46.3. The highest BCUT2D eigenvalue weighted by Crippen LogP contribution is 2.27. The molecule has 2 rings (SSSR count). The number of hydrogen-bond acceptors (Lipinski definition) is 14. The zero-order valence-corrected chi connectivity index (χ0v) is 46.3. The summed E-state index contributed by atoms with van der Waals surface area (Å²) in [6.07, 6.45) is 40.2. The van der Waals surface area contributed by atoms with E-state index < -0.39 is 80.7 Å². The number of hydrogen-bond donors (Lipinski definition) is 7. The van der Waals surface area contributed by atoms with Crippen molar-refractivity contribution in [2.24, 2.45) is 0 Å². The van der Waals surface area contributed by atoms with Crippen molar-refractivity contribution in [1.82, 2.24) is 0 Å². The van der Waals surface area contributed by atoms with Gasteiger partial charge in [-0.15, -0.1) is 0 Å². The lowest BCUT2D eigenvalue weighted by Crippen LogP contribution is -2.61. The van der Waals surface area contributed by atoms with E-state index in [1.807, 2.05) is 0 Å². The molecule has 0 radical (unpaired) electrons. The topological polar surface area (TPSA) is 214 Å². The molecule has 11 unspecified atom stereocenters. The van der Waals surface area contributed by atoms with Crippen molar-refractivity contribution in [2.75, 3.05) is 33.0 Å². The normalized spacial score (nSPS) is 25.1. The Labute approximate surface area is 448 Å². The Kier molecular flexibility index (Phi) is 43.2. The second-order valence-corrected chi connectivity index (χ2v) is 20.8. The third-order valence-corrected chi connectivity index (χ3v) is 14.1. The Bertz CT molecular complexity index is 1410. The van der Waals surface area contributed by atoms with Crippen LogP contribution in [-0.2, 0) is 33.2 Å². The summed E-state index contributed by atoms with van der Waals surface area (Å²) in [6, 6.07) is 0. The van der Waals surface area contributed by atoms with Crippen molar-refractivity contribution in [2.45, 2.75) is 293 Å². The molecule has 14 heteroatoms. The molecule has 74 heavy (non-hydrogen) atoms. The predicted octanol–water partition coefficient (Wildman–Crippen LogP) is 10.7. The van der Waals surface area contributed by atoms with Crippen LogP contribution in [0.25, 0.3) is 0 Å². The van der Waals surface area contributed by atoms with Crippen LogP contribution in [0.1, 0.15) is 226 Å². The third kappa shape index (κ3) is 33.3. The van der Waals surface area contributed by atoms with Crippen molar-refractivity contribution in [1.29, 1.82) is 0 Å². The molecule has 2 heterocycles. The summed E-state index contributed by atoms with van der Waals surface area (Å²) in [7, 11) is 0. The lowest BCUT2D eigenvalue weighted by atomic mass is 9.98. The molecule has 0 aromatic carbocycles. The third-order valence-electron chi connectivity index (χ3n) is 14.1. The molecule has 432 valence electrons. The van der Waals surface area contributed by atoms with Crippen LogP contribution < -0.4 is 0 Å².